The molecule has 0 radical (unpaired) electrons. The average molecular weight is 498 g/mol. The zero-order valence-electron chi connectivity index (χ0n) is 21.6. The van der Waals surface area contributed by atoms with Gasteiger partial charge in [-0.2, -0.15) is 0 Å². The van der Waals surface area contributed by atoms with Crippen LogP contribution >= 0.6 is 0 Å². The molecule has 2 aliphatic heterocycles. The van der Waals surface area contributed by atoms with Crippen molar-refractivity contribution < 1.29 is 19.4 Å². The molecule has 1 aliphatic carbocycles. The number of H-pyrrole nitrogens is 1. The number of fused-ring (bicyclic) bond motifs is 4. The Labute approximate surface area is 212 Å². The van der Waals surface area contributed by atoms with Gasteiger partial charge in [0.15, 0.2) is 0 Å². The first-order chi connectivity index (χ1) is 17.3. The van der Waals surface area contributed by atoms with Crippen molar-refractivity contribution in [2.45, 2.75) is 75.9 Å². The number of aromatic amines is 1. The van der Waals surface area contributed by atoms with Crippen LogP contribution in [0.5, 0.6) is 5.75 Å². The normalized spacial score (nSPS) is 21.8. The maximum absolute atomic E-state index is 13.3. The number of piperidine rings is 1. The molecule has 1 atom stereocenters. The standard InChI is InChI=1S/C27H39N5O4/c1-17(2)28-26(35)32-16-27(10-12-31(13-11-27)25(34)29-18-6-4-5-7-18)23-20-9-8-19(36-3)14-21(20)30-24(23)22(32)15-33/h8-9,14,17-18,22,30,33H,4-7,10-13,15-16H2,1-3H3,(H,28,35)(H,29,34)/t22-/m1/s1. The van der Waals surface area contributed by atoms with E-state index in [9.17, 15) is 14.7 Å². The highest BCUT2D eigenvalue weighted by Gasteiger charge is 2.49. The van der Waals surface area contributed by atoms with E-state index >= 15 is 0 Å². The topological polar surface area (TPSA) is 110 Å². The zero-order chi connectivity index (χ0) is 25.4. The summed E-state index contributed by atoms with van der Waals surface area (Å²) in [5.41, 5.74) is 2.68. The molecular weight excluding hydrogens is 458 g/mol. The number of hydrogen-bond acceptors (Lipinski definition) is 4. The van der Waals surface area contributed by atoms with Crippen LogP contribution < -0.4 is 15.4 Å². The summed E-state index contributed by atoms with van der Waals surface area (Å²) >= 11 is 0. The molecular formula is C27H39N5O4. The molecule has 5 rings (SSSR count). The van der Waals surface area contributed by atoms with E-state index in [1.54, 1.807) is 12.0 Å². The lowest BCUT2D eigenvalue weighted by Crippen LogP contribution is -2.58. The van der Waals surface area contributed by atoms with Gasteiger partial charge in [-0.1, -0.05) is 12.8 Å². The van der Waals surface area contributed by atoms with Crippen molar-refractivity contribution in [1.29, 1.82) is 0 Å². The van der Waals surface area contributed by atoms with Gasteiger partial charge in [0.1, 0.15) is 5.75 Å². The first-order valence-electron chi connectivity index (χ1n) is 13.3. The van der Waals surface area contributed by atoms with Crippen LogP contribution in [0.25, 0.3) is 10.9 Å². The Morgan fingerprint density at radius 3 is 2.56 bits per heavy atom. The highest BCUT2D eigenvalue weighted by molar-refractivity contribution is 5.89. The minimum Gasteiger partial charge on any atom is -0.497 e. The van der Waals surface area contributed by atoms with Crippen LogP contribution in [-0.2, 0) is 5.41 Å². The highest BCUT2D eigenvalue weighted by atomic mass is 16.5. The first kappa shape index (κ1) is 24.7. The molecule has 4 N–H and O–H groups in total. The van der Waals surface area contributed by atoms with Crippen LogP contribution in [0.3, 0.4) is 0 Å². The maximum atomic E-state index is 13.3. The van der Waals surface area contributed by atoms with Gasteiger partial charge < -0.3 is 35.3 Å². The van der Waals surface area contributed by atoms with Crippen molar-refractivity contribution >= 4 is 23.0 Å². The van der Waals surface area contributed by atoms with E-state index in [2.05, 4.69) is 21.7 Å². The molecule has 3 heterocycles. The Morgan fingerprint density at radius 2 is 1.92 bits per heavy atom. The number of hydrogen-bond donors (Lipinski definition) is 4. The van der Waals surface area contributed by atoms with E-state index in [1.807, 2.05) is 30.9 Å². The van der Waals surface area contributed by atoms with Gasteiger partial charge in [-0.05, 0) is 57.2 Å². The van der Waals surface area contributed by atoms with Gasteiger partial charge in [0.25, 0.3) is 0 Å². The third kappa shape index (κ3) is 4.38. The molecule has 3 aliphatic rings. The highest BCUT2D eigenvalue weighted by Crippen LogP contribution is 2.49. The fraction of sp³-hybridized carbons (Fsp3) is 0.630. The summed E-state index contributed by atoms with van der Waals surface area (Å²) in [6.45, 7) is 5.46. The molecule has 1 saturated carbocycles. The Kier molecular flexibility index (Phi) is 6.76. The number of amides is 4. The second-order valence-electron chi connectivity index (χ2n) is 11.0. The van der Waals surface area contributed by atoms with E-state index in [-0.39, 0.29) is 30.1 Å². The lowest BCUT2D eigenvalue weighted by atomic mass is 9.68. The van der Waals surface area contributed by atoms with Gasteiger partial charge in [0.2, 0.25) is 0 Å². The predicted molar refractivity (Wildman–Crippen MR) is 138 cm³/mol. The fourth-order valence-corrected chi connectivity index (χ4v) is 6.43. The van der Waals surface area contributed by atoms with E-state index in [0.29, 0.717) is 25.7 Å². The van der Waals surface area contributed by atoms with Crippen LogP contribution in [-0.4, -0.2) is 77.4 Å². The van der Waals surface area contributed by atoms with Crippen molar-refractivity contribution in [1.82, 2.24) is 25.4 Å². The summed E-state index contributed by atoms with van der Waals surface area (Å²) in [6, 6.07) is 5.67. The number of carbonyl (C=O) groups excluding carboxylic acids is 2. The van der Waals surface area contributed by atoms with Crippen molar-refractivity contribution in [2.24, 2.45) is 0 Å². The molecule has 2 aromatic rings. The SMILES string of the molecule is COc1ccc2c3c([nH]c2c1)[C@@H](CO)N(C(=O)NC(C)C)CC31CCN(C(=O)NC2CCCC2)CC1. The minimum atomic E-state index is -0.466. The summed E-state index contributed by atoms with van der Waals surface area (Å²) in [7, 11) is 1.65. The molecule has 0 unspecified atom stereocenters. The Morgan fingerprint density at radius 1 is 1.19 bits per heavy atom. The number of aromatic nitrogens is 1. The third-order valence-corrected chi connectivity index (χ3v) is 8.28. The number of nitrogens with zero attached hydrogens (tertiary/aromatic N) is 2. The van der Waals surface area contributed by atoms with Gasteiger partial charge in [0, 0.05) is 59.8 Å². The molecule has 2 fully saturated rings. The molecule has 1 spiro atoms. The van der Waals surface area contributed by atoms with Crippen LogP contribution in [0.15, 0.2) is 18.2 Å². The van der Waals surface area contributed by atoms with Crippen LogP contribution in [0.1, 0.15) is 69.7 Å². The van der Waals surface area contributed by atoms with Crippen molar-refractivity contribution in [3.05, 3.63) is 29.5 Å². The molecule has 1 aromatic heterocycles. The summed E-state index contributed by atoms with van der Waals surface area (Å²) in [4.78, 5) is 33.5. The number of nitrogens with one attached hydrogen (secondary N) is 3. The number of urea groups is 2. The Hall–Kier alpha value is -2.94. The molecule has 196 valence electrons. The number of aliphatic hydroxyl groups excluding tert-OH is 1. The number of aliphatic hydroxyl groups is 1. The average Bonchev–Trinajstić information content (AvgIpc) is 3.51. The molecule has 9 nitrogen and oxygen atoms in total. The van der Waals surface area contributed by atoms with Gasteiger partial charge in [-0.3, -0.25) is 0 Å². The molecule has 1 saturated heterocycles. The van der Waals surface area contributed by atoms with Crippen molar-refractivity contribution in [3.63, 3.8) is 0 Å². The molecule has 36 heavy (non-hydrogen) atoms. The summed E-state index contributed by atoms with van der Waals surface area (Å²) in [5, 5.41) is 17.8. The zero-order valence-corrected chi connectivity index (χ0v) is 21.6. The predicted octanol–water partition coefficient (Wildman–Crippen LogP) is 3.63. The number of methoxy groups -OCH3 is 1. The van der Waals surface area contributed by atoms with Crippen LogP contribution in [0.2, 0.25) is 0 Å². The van der Waals surface area contributed by atoms with E-state index in [4.69, 9.17) is 4.74 Å². The number of carbonyl (C=O) groups is 2. The van der Waals surface area contributed by atoms with Gasteiger partial charge in [-0.25, -0.2) is 9.59 Å². The lowest BCUT2D eigenvalue weighted by Gasteiger charge is -2.50. The number of likely N-dealkylation sites (tertiary alicyclic amines) is 1. The smallest absolute Gasteiger partial charge is 0.318 e. The summed E-state index contributed by atoms with van der Waals surface area (Å²) < 4.78 is 5.45. The van der Waals surface area contributed by atoms with E-state index in [1.165, 1.54) is 18.4 Å². The van der Waals surface area contributed by atoms with E-state index < -0.39 is 6.04 Å². The fourth-order valence-electron chi connectivity index (χ4n) is 6.43. The van der Waals surface area contributed by atoms with Crippen molar-refractivity contribution in [2.75, 3.05) is 33.4 Å². The second kappa shape index (κ2) is 9.84. The minimum absolute atomic E-state index is 0.0118. The quantitative estimate of drug-likeness (QED) is 0.517. The number of ether oxygens (including phenoxy) is 1. The monoisotopic (exact) mass is 497 g/mol. The Bertz CT molecular complexity index is 1110. The molecule has 9 heteroatoms. The second-order valence-corrected chi connectivity index (χ2v) is 11.0. The molecule has 4 amide bonds. The Balaban J connectivity index is 1.49. The number of benzene rings is 1. The first-order valence-corrected chi connectivity index (χ1v) is 13.3. The molecule has 1 aromatic carbocycles. The summed E-state index contributed by atoms with van der Waals surface area (Å²) in [5.74, 6) is 0.753. The van der Waals surface area contributed by atoms with Crippen LogP contribution in [0.4, 0.5) is 9.59 Å². The third-order valence-electron chi connectivity index (χ3n) is 8.28. The van der Waals surface area contributed by atoms with Gasteiger partial charge in [0.05, 0.1) is 19.8 Å². The van der Waals surface area contributed by atoms with E-state index in [0.717, 1.165) is 48.0 Å². The summed E-state index contributed by atoms with van der Waals surface area (Å²) in [6.07, 6.45) is 5.99. The largest absolute Gasteiger partial charge is 0.497 e. The van der Waals surface area contributed by atoms with Gasteiger partial charge >= 0.3 is 12.1 Å². The van der Waals surface area contributed by atoms with Crippen molar-refractivity contribution in [3.8, 4) is 5.75 Å². The van der Waals surface area contributed by atoms with Crippen LogP contribution in [0, 0.1) is 0 Å². The molecule has 0 bridgehead atoms. The number of rotatable bonds is 4. The van der Waals surface area contributed by atoms with Gasteiger partial charge in [-0.15, -0.1) is 0 Å². The maximum Gasteiger partial charge on any atom is 0.318 e. The lowest BCUT2D eigenvalue weighted by molar-refractivity contribution is 0.0725.